The van der Waals surface area contributed by atoms with Crippen molar-refractivity contribution in [1.29, 1.82) is 0 Å². The predicted molar refractivity (Wildman–Crippen MR) is 62.5 cm³/mol. The molecule has 1 aliphatic heterocycles. The Hall–Kier alpha value is -2.10. The van der Waals surface area contributed by atoms with Crippen LogP contribution in [-0.4, -0.2) is 29.9 Å². The summed E-state index contributed by atoms with van der Waals surface area (Å²) < 4.78 is 5.45. The van der Waals surface area contributed by atoms with E-state index < -0.39 is 0 Å². The number of hydrogen-bond donors (Lipinski definition) is 0. The van der Waals surface area contributed by atoms with Crippen LogP contribution in [0.1, 0.15) is 5.56 Å². The molecule has 1 heterocycles. The molecule has 17 heavy (non-hydrogen) atoms. The number of nitrogens with zero attached hydrogens (tertiary/aromatic N) is 1. The Morgan fingerprint density at radius 1 is 1.06 bits per heavy atom. The van der Waals surface area contributed by atoms with Crippen molar-refractivity contribution in [3.63, 3.8) is 0 Å². The molecule has 0 aromatic heterocycles. The summed E-state index contributed by atoms with van der Waals surface area (Å²) in [6.45, 7) is 2.58. The Kier molecular flexibility index (Phi) is 3.23. The van der Waals surface area contributed by atoms with Crippen LogP contribution in [0.4, 0.5) is 0 Å². The highest BCUT2D eigenvalue weighted by atomic mass is 16.5. The molecule has 2 amide bonds. The number of imide groups is 1. The summed E-state index contributed by atoms with van der Waals surface area (Å²) in [5, 5.41) is 0. The topological polar surface area (TPSA) is 46.6 Å². The first-order valence-electron chi connectivity index (χ1n) is 5.40. The monoisotopic (exact) mass is 231 g/mol. The number of ether oxygens (including phenoxy) is 1. The zero-order chi connectivity index (χ0) is 12.3. The van der Waals surface area contributed by atoms with E-state index in [9.17, 15) is 9.59 Å². The maximum atomic E-state index is 11.2. The average Bonchev–Trinajstić information content (AvgIpc) is 2.63. The normalized spacial score (nSPS) is 14.5. The van der Waals surface area contributed by atoms with Crippen molar-refractivity contribution in [2.45, 2.75) is 6.92 Å². The van der Waals surface area contributed by atoms with Crippen molar-refractivity contribution >= 4 is 11.8 Å². The summed E-state index contributed by atoms with van der Waals surface area (Å²) in [7, 11) is 0. The van der Waals surface area contributed by atoms with Crippen molar-refractivity contribution in [2.24, 2.45) is 0 Å². The number of amides is 2. The van der Waals surface area contributed by atoms with Crippen molar-refractivity contribution in [1.82, 2.24) is 4.90 Å². The second-order valence-corrected chi connectivity index (χ2v) is 3.82. The number of aryl methyl sites for hydroxylation is 1. The molecule has 88 valence electrons. The molecule has 0 N–H and O–H groups in total. The summed E-state index contributed by atoms with van der Waals surface area (Å²) in [4.78, 5) is 23.6. The van der Waals surface area contributed by atoms with E-state index in [0.717, 1.165) is 16.2 Å². The second kappa shape index (κ2) is 4.82. The summed E-state index contributed by atoms with van der Waals surface area (Å²) in [5.41, 5.74) is 1.16. The van der Waals surface area contributed by atoms with Gasteiger partial charge in [-0.3, -0.25) is 14.5 Å². The lowest BCUT2D eigenvalue weighted by molar-refractivity contribution is -0.137. The van der Waals surface area contributed by atoms with Crippen LogP contribution in [0, 0.1) is 6.92 Å². The Balaban J connectivity index is 1.82. The van der Waals surface area contributed by atoms with E-state index in [4.69, 9.17) is 4.74 Å². The van der Waals surface area contributed by atoms with E-state index in [-0.39, 0.29) is 18.4 Å². The Labute approximate surface area is 99.5 Å². The van der Waals surface area contributed by atoms with Gasteiger partial charge < -0.3 is 4.74 Å². The molecule has 1 aromatic carbocycles. The minimum Gasteiger partial charge on any atom is -0.492 e. The van der Waals surface area contributed by atoms with Gasteiger partial charge in [0, 0.05) is 12.2 Å². The standard InChI is InChI=1S/C13H13NO3/c1-10-2-4-11(5-3-10)17-9-8-14-12(15)6-7-13(14)16/h2-7H,8-9H2,1H3. The maximum Gasteiger partial charge on any atom is 0.253 e. The molecule has 4 heteroatoms. The fraction of sp³-hybridized carbons (Fsp3) is 0.231. The van der Waals surface area contributed by atoms with Gasteiger partial charge in [-0.05, 0) is 19.1 Å². The molecule has 0 bridgehead atoms. The lowest BCUT2D eigenvalue weighted by Gasteiger charge is -2.14. The molecule has 0 unspecified atom stereocenters. The van der Waals surface area contributed by atoms with Gasteiger partial charge >= 0.3 is 0 Å². The Morgan fingerprint density at radius 3 is 2.24 bits per heavy atom. The van der Waals surface area contributed by atoms with Crippen LogP contribution in [0.3, 0.4) is 0 Å². The maximum absolute atomic E-state index is 11.2. The molecule has 4 nitrogen and oxygen atoms in total. The molecule has 0 spiro atoms. The first-order valence-corrected chi connectivity index (χ1v) is 5.40. The van der Waals surface area contributed by atoms with Crippen LogP contribution in [-0.2, 0) is 9.59 Å². The molecule has 1 aromatic rings. The fourth-order valence-corrected chi connectivity index (χ4v) is 1.54. The van der Waals surface area contributed by atoms with E-state index in [1.54, 1.807) is 0 Å². The van der Waals surface area contributed by atoms with E-state index >= 15 is 0 Å². The Morgan fingerprint density at radius 2 is 1.65 bits per heavy atom. The third kappa shape index (κ3) is 2.72. The van der Waals surface area contributed by atoms with Gasteiger partial charge in [-0.15, -0.1) is 0 Å². The van der Waals surface area contributed by atoms with Crippen molar-refractivity contribution in [2.75, 3.05) is 13.2 Å². The van der Waals surface area contributed by atoms with Crippen molar-refractivity contribution < 1.29 is 14.3 Å². The first-order chi connectivity index (χ1) is 8.16. The molecule has 0 saturated carbocycles. The predicted octanol–water partition coefficient (Wildman–Crippen LogP) is 1.30. The average molecular weight is 231 g/mol. The van der Waals surface area contributed by atoms with E-state index in [1.807, 2.05) is 31.2 Å². The van der Waals surface area contributed by atoms with Gasteiger partial charge in [-0.2, -0.15) is 0 Å². The molecule has 0 atom stereocenters. The number of hydrogen-bond acceptors (Lipinski definition) is 3. The summed E-state index contributed by atoms with van der Waals surface area (Å²) >= 11 is 0. The van der Waals surface area contributed by atoms with Crippen LogP contribution in [0.5, 0.6) is 5.75 Å². The largest absolute Gasteiger partial charge is 0.492 e. The molecular weight excluding hydrogens is 218 g/mol. The number of benzene rings is 1. The lowest BCUT2D eigenvalue weighted by atomic mass is 10.2. The number of rotatable bonds is 4. The van der Waals surface area contributed by atoms with Crippen LogP contribution >= 0.6 is 0 Å². The fourth-order valence-electron chi connectivity index (χ4n) is 1.54. The summed E-state index contributed by atoms with van der Waals surface area (Å²) in [6.07, 6.45) is 2.54. The van der Waals surface area contributed by atoms with Crippen LogP contribution in [0.15, 0.2) is 36.4 Å². The molecular formula is C13H13NO3. The van der Waals surface area contributed by atoms with Crippen LogP contribution in [0.2, 0.25) is 0 Å². The van der Waals surface area contributed by atoms with Gasteiger partial charge in [-0.1, -0.05) is 17.7 Å². The first kappa shape index (κ1) is 11.4. The number of carbonyl (C=O) groups excluding carboxylic acids is 2. The smallest absolute Gasteiger partial charge is 0.253 e. The van der Waals surface area contributed by atoms with Gasteiger partial charge in [0.05, 0.1) is 6.54 Å². The van der Waals surface area contributed by atoms with Gasteiger partial charge in [0.15, 0.2) is 0 Å². The highest BCUT2D eigenvalue weighted by Crippen LogP contribution is 2.11. The van der Waals surface area contributed by atoms with E-state index in [2.05, 4.69) is 0 Å². The summed E-state index contributed by atoms with van der Waals surface area (Å²) in [6, 6.07) is 7.62. The molecule has 0 radical (unpaired) electrons. The van der Waals surface area contributed by atoms with Gasteiger partial charge in [0.25, 0.3) is 11.8 Å². The van der Waals surface area contributed by atoms with E-state index in [1.165, 1.54) is 12.2 Å². The minimum absolute atomic E-state index is 0.275. The molecule has 0 aliphatic carbocycles. The second-order valence-electron chi connectivity index (χ2n) is 3.82. The zero-order valence-corrected chi connectivity index (χ0v) is 9.55. The van der Waals surface area contributed by atoms with Crippen molar-refractivity contribution in [3.05, 3.63) is 42.0 Å². The quantitative estimate of drug-likeness (QED) is 0.734. The molecule has 1 aliphatic rings. The highest BCUT2D eigenvalue weighted by molar-refractivity contribution is 6.12. The zero-order valence-electron chi connectivity index (χ0n) is 9.55. The Bertz CT molecular complexity index is 444. The third-order valence-corrected chi connectivity index (χ3v) is 2.51. The molecule has 0 saturated heterocycles. The molecule has 2 rings (SSSR count). The van der Waals surface area contributed by atoms with Crippen molar-refractivity contribution in [3.8, 4) is 5.75 Å². The SMILES string of the molecule is Cc1ccc(OCCN2C(=O)C=CC2=O)cc1. The van der Waals surface area contributed by atoms with E-state index in [0.29, 0.717) is 6.61 Å². The van der Waals surface area contributed by atoms with Gasteiger partial charge in [0.2, 0.25) is 0 Å². The third-order valence-electron chi connectivity index (χ3n) is 2.51. The number of carbonyl (C=O) groups is 2. The van der Waals surface area contributed by atoms with Gasteiger partial charge in [-0.25, -0.2) is 0 Å². The molecule has 0 fully saturated rings. The lowest BCUT2D eigenvalue weighted by Crippen LogP contribution is -2.33. The van der Waals surface area contributed by atoms with Gasteiger partial charge in [0.1, 0.15) is 12.4 Å². The summed E-state index contributed by atoms with van der Waals surface area (Å²) in [5.74, 6) is 0.188. The van der Waals surface area contributed by atoms with Crippen LogP contribution < -0.4 is 4.74 Å². The minimum atomic E-state index is -0.275. The highest BCUT2D eigenvalue weighted by Gasteiger charge is 2.22. The van der Waals surface area contributed by atoms with Crippen LogP contribution in [0.25, 0.3) is 0 Å².